The molecule has 6 N–H and O–H groups in total. The third-order valence-corrected chi connectivity index (χ3v) is 9.89. The molecule has 0 unspecified atom stereocenters. The van der Waals surface area contributed by atoms with E-state index in [1.165, 1.54) is 19.5 Å². The number of esters is 1. The van der Waals surface area contributed by atoms with Crippen LogP contribution in [0.25, 0.3) is 0 Å². The van der Waals surface area contributed by atoms with Gasteiger partial charge in [0.05, 0.1) is 49.0 Å². The Morgan fingerprint density at radius 2 is 1.26 bits per heavy atom. The summed E-state index contributed by atoms with van der Waals surface area (Å²) in [6.07, 6.45) is 4.35. The monoisotopic (exact) mass is 873 g/mol. The lowest BCUT2D eigenvalue weighted by atomic mass is 10.1. The van der Waals surface area contributed by atoms with Crippen molar-refractivity contribution >= 4 is 52.7 Å². The molecule has 18 heteroatoms. The van der Waals surface area contributed by atoms with Crippen LogP contribution < -0.4 is 40.6 Å². The number of carbonyl (C=O) groups is 3. The van der Waals surface area contributed by atoms with Crippen molar-refractivity contribution < 1.29 is 43.2 Å². The molecule has 61 heavy (non-hydrogen) atoms. The Morgan fingerprint density at radius 1 is 0.770 bits per heavy atom. The molecule has 0 fully saturated rings. The first-order valence-corrected chi connectivity index (χ1v) is 20.1. The second kappa shape index (κ2) is 21.8. The second-order valence-electron chi connectivity index (χ2n) is 13.7. The van der Waals surface area contributed by atoms with Crippen molar-refractivity contribution in [2.75, 3.05) is 57.3 Å². The lowest BCUT2D eigenvalue weighted by molar-refractivity contribution is -0.142. The summed E-state index contributed by atoms with van der Waals surface area (Å²) >= 11 is 12.0. The molecular formula is C43H45Cl2N7O9. The SMILES string of the molecule is COC(=O)[C@@H](N)Cc1ccc(OCCc2ccc3c(n2)NCCO3)cc1.O=C(N[C@@H](Cc1ccc(OCCc2ccc3c(n2)NCCO3)cc1)C(=O)O)c1c(Cl)cncc1Cl. The number of halogens is 2. The van der Waals surface area contributed by atoms with E-state index in [1.807, 2.05) is 48.5 Å². The molecule has 2 aliphatic heterocycles. The number of carboxylic acids is 1. The van der Waals surface area contributed by atoms with E-state index < -0.39 is 29.9 Å². The number of anilines is 2. The number of carbonyl (C=O) groups excluding carboxylic acids is 2. The maximum Gasteiger partial charge on any atom is 0.326 e. The third-order valence-electron chi connectivity index (χ3n) is 9.32. The van der Waals surface area contributed by atoms with Gasteiger partial charge < -0.3 is 50.5 Å². The highest BCUT2D eigenvalue weighted by atomic mass is 35.5. The Balaban J connectivity index is 0.000000213. The number of rotatable bonds is 16. The molecule has 0 bridgehead atoms. The number of pyridine rings is 3. The lowest BCUT2D eigenvalue weighted by Crippen LogP contribution is -2.42. The van der Waals surface area contributed by atoms with Crippen LogP contribution in [0.1, 0.15) is 32.9 Å². The van der Waals surface area contributed by atoms with E-state index in [-0.39, 0.29) is 22.0 Å². The molecule has 3 aromatic heterocycles. The average Bonchev–Trinajstić information content (AvgIpc) is 3.27. The number of methoxy groups -OCH3 is 1. The van der Waals surface area contributed by atoms with E-state index in [0.717, 1.165) is 58.9 Å². The molecule has 7 rings (SSSR count). The van der Waals surface area contributed by atoms with Crippen LogP contribution >= 0.6 is 23.2 Å². The summed E-state index contributed by atoms with van der Waals surface area (Å²) in [4.78, 5) is 48.5. The van der Waals surface area contributed by atoms with E-state index >= 15 is 0 Å². The molecule has 2 aromatic carbocycles. The first-order valence-electron chi connectivity index (χ1n) is 19.4. The number of ether oxygens (including phenoxy) is 5. The predicted octanol–water partition coefficient (Wildman–Crippen LogP) is 5.19. The molecule has 2 atom stereocenters. The fraction of sp³-hybridized carbons (Fsp3) is 0.302. The zero-order chi connectivity index (χ0) is 43.1. The Kier molecular flexibility index (Phi) is 15.8. The van der Waals surface area contributed by atoms with Crippen molar-refractivity contribution in [2.24, 2.45) is 5.73 Å². The summed E-state index contributed by atoms with van der Waals surface area (Å²) < 4.78 is 27.2. The number of nitrogens with zero attached hydrogens (tertiary/aromatic N) is 3. The van der Waals surface area contributed by atoms with Crippen molar-refractivity contribution in [3.63, 3.8) is 0 Å². The van der Waals surface area contributed by atoms with Crippen molar-refractivity contribution in [1.82, 2.24) is 20.3 Å². The minimum atomic E-state index is -1.18. The van der Waals surface area contributed by atoms with Gasteiger partial charge in [0, 0.05) is 43.0 Å². The van der Waals surface area contributed by atoms with Crippen molar-refractivity contribution in [3.05, 3.63) is 123 Å². The summed E-state index contributed by atoms with van der Waals surface area (Å²) in [6.45, 7) is 3.73. The highest BCUT2D eigenvalue weighted by Crippen LogP contribution is 2.27. The van der Waals surface area contributed by atoms with Gasteiger partial charge in [-0.05, 0) is 66.1 Å². The molecule has 0 saturated heterocycles. The average molecular weight is 875 g/mol. The van der Waals surface area contributed by atoms with Gasteiger partial charge in [-0.25, -0.2) is 14.8 Å². The Hall–Kier alpha value is -6.36. The number of aromatic nitrogens is 3. The Labute approximate surface area is 362 Å². The quantitative estimate of drug-likeness (QED) is 0.0807. The van der Waals surface area contributed by atoms with Crippen LogP contribution in [0.5, 0.6) is 23.0 Å². The lowest BCUT2D eigenvalue weighted by Gasteiger charge is -2.18. The van der Waals surface area contributed by atoms with Crippen molar-refractivity contribution in [1.29, 1.82) is 0 Å². The molecule has 0 aliphatic carbocycles. The summed E-state index contributed by atoms with van der Waals surface area (Å²) in [5, 5.41) is 18.6. The number of hydrogen-bond donors (Lipinski definition) is 5. The van der Waals surface area contributed by atoms with Crippen LogP contribution in [-0.4, -0.2) is 96.6 Å². The van der Waals surface area contributed by atoms with Crippen LogP contribution in [0.4, 0.5) is 11.6 Å². The number of nitrogens with one attached hydrogen (secondary N) is 3. The molecule has 1 amide bonds. The number of nitrogens with two attached hydrogens (primary N) is 1. The van der Waals surface area contributed by atoms with Gasteiger partial charge in [0.1, 0.15) is 36.8 Å². The van der Waals surface area contributed by atoms with Gasteiger partial charge in [-0.15, -0.1) is 0 Å². The van der Waals surface area contributed by atoms with Gasteiger partial charge in [0.25, 0.3) is 5.91 Å². The molecule has 0 saturated carbocycles. The standard InChI is InChI=1S/C24H22Cl2N4O5.C19H23N3O4/c25-17-12-27-13-18(26)21(17)23(31)30-19(24(32)33)11-14-1-4-16(5-2-14)34-9-7-15-3-6-20-22(29-15)28-8-10-35-20;1-24-19(23)16(20)12-13-2-5-15(6-3-13)25-10-8-14-4-7-17-18(22-14)21-9-11-26-17/h1-6,12-13,19H,7-11H2,(H,28,29)(H,30,31)(H,32,33);2-7,16H,8-12,20H2,1H3,(H,21,22)/t19-;16-/m00/s1. The molecular weight excluding hydrogens is 829 g/mol. The zero-order valence-electron chi connectivity index (χ0n) is 33.2. The number of hydrogen-bond acceptors (Lipinski definition) is 14. The van der Waals surface area contributed by atoms with E-state index in [1.54, 1.807) is 24.3 Å². The fourth-order valence-corrected chi connectivity index (χ4v) is 6.71. The van der Waals surface area contributed by atoms with E-state index in [9.17, 15) is 19.5 Å². The summed E-state index contributed by atoms with van der Waals surface area (Å²) in [5.41, 5.74) is 9.24. The normalized spacial score (nSPS) is 13.4. The molecule has 0 spiro atoms. The number of fused-ring (bicyclic) bond motifs is 2. The van der Waals surface area contributed by atoms with Gasteiger partial charge >= 0.3 is 11.9 Å². The van der Waals surface area contributed by atoms with Gasteiger partial charge in [-0.2, -0.15) is 0 Å². The van der Waals surface area contributed by atoms with E-state index in [4.69, 9.17) is 47.9 Å². The maximum atomic E-state index is 12.6. The number of aliphatic carboxylic acids is 1. The van der Waals surface area contributed by atoms with Gasteiger partial charge in [-0.3, -0.25) is 14.6 Å². The van der Waals surface area contributed by atoms with E-state index in [2.05, 4.69) is 35.6 Å². The molecule has 5 heterocycles. The number of benzene rings is 2. The van der Waals surface area contributed by atoms with E-state index in [0.29, 0.717) is 57.0 Å². The molecule has 16 nitrogen and oxygen atoms in total. The molecule has 2 aliphatic rings. The highest BCUT2D eigenvalue weighted by molar-refractivity contribution is 6.39. The van der Waals surface area contributed by atoms with Gasteiger partial charge in [0.15, 0.2) is 23.1 Å². The second-order valence-corrected chi connectivity index (χ2v) is 14.5. The van der Waals surface area contributed by atoms with Gasteiger partial charge in [0.2, 0.25) is 0 Å². The Morgan fingerprint density at radius 3 is 1.74 bits per heavy atom. The predicted molar refractivity (Wildman–Crippen MR) is 228 cm³/mol. The summed E-state index contributed by atoms with van der Waals surface area (Å²) in [6, 6.07) is 20.4. The topological polar surface area (TPSA) is 218 Å². The highest BCUT2D eigenvalue weighted by Gasteiger charge is 2.24. The zero-order valence-corrected chi connectivity index (χ0v) is 34.7. The largest absolute Gasteiger partial charge is 0.493 e. The first kappa shape index (κ1) is 44.2. The smallest absolute Gasteiger partial charge is 0.326 e. The van der Waals surface area contributed by atoms with Crippen molar-refractivity contribution in [2.45, 2.75) is 37.8 Å². The third kappa shape index (κ3) is 12.8. The fourth-order valence-electron chi connectivity index (χ4n) is 6.17. The first-order chi connectivity index (χ1) is 29.6. The van der Waals surface area contributed by atoms with Crippen LogP contribution in [-0.2, 0) is 40.0 Å². The Bertz CT molecular complexity index is 2260. The number of amides is 1. The molecule has 5 aromatic rings. The maximum absolute atomic E-state index is 12.6. The van der Waals surface area contributed by atoms with Crippen LogP contribution in [0.15, 0.2) is 85.2 Å². The van der Waals surface area contributed by atoms with Gasteiger partial charge in [-0.1, -0.05) is 47.5 Å². The minimum absolute atomic E-state index is 0.0185. The molecule has 0 radical (unpaired) electrons. The van der Waals surface area contributed by atoms with Crippen LogP contribution in [0, 0.1) is 0 Å². The van der Waals surface area contributed by atoms with Crippen LogP contribution in [0.2, 0.25) is 10.0 Å². The molecule has 320 valence electrons. The summed E-state index contributed by atoms with van der Waals surface area (Å²) in [5.74, 6) is 2.19. The number of carboxylic acid groups (broad SMARTS) is 1. The minimum Gasteiger partial charge on any atom is -0.493 e. The van der Waals surface area contributed by atoms with Crippen LogP contribution in [0.3, 0.4) is 0 Å². The summed E-state index contributed by atoms with van der Waals surface area (Å²) in [7, 11) is 1.33. The van der Waals surface area contributed by atoms with Crippen molar-refractivity contribution in [3.8, 4) is 23.0 Å².